The fourth-order valence-corrected chi connectivity index (χ4v) is 1.74. The molecule has 1 nitrogen and oxygen atoms in total. The Morgan fingerprint density at radius 1 is 1.13 bits per heavy atom. The molecular weight excluding hydrogens is 182 g/mol. The van der Waals surface area contributed by atoms with Crippen molar-refractivity contribution in [3.05, 3.63) is 60.7 Å². The molecule has 0 heterocycles. The molecule has 0 saturated carbocycles. The molecule has 0 fully saturated rings. The first-order valence-corrected chi connectivity index (χ1v) is 4.99. The Bertz CT molecular complexity index is 506. The summed E-state index contributed by atoms with van der Waals surface area (Å²) in [5.41, 5.74) is 1.63. The molecule has 0 aliphatic rings. The van der Waals surface area contributed by atoms with Crippen LogP contribution >= 0.6 is 0 Å². The summed E-state index contributed by atoms with van der Waals surface area (Å²) < 4.78 is 0. The SMILES string of the molecule is C=CCC(=N)c1cccc2ccccc12. The van der Waals surface area contributed by atoms with Gasteiger partial charge >= 0.3 is 0 Å². The van der Waals surface area contributed by atoms with Crippen molar-refractivity contribution in [2.75, 3.05) is 0 Å². The van der Waals surface area contributed by atoms with E-state index < -0.39 is 0 Å². The van der Waals surface area contributed by atoms with E-state index in [1.165, 1.54) is 5.39 Å². The summed E-state index contributed by atoms with van der Waals surface area (Å²) in [5, 5.41) is 10.3. The van der Waals surface area contributed by atoms with Crippen molar-refractivity contribution >= 4 is 16.5 Å². The second-order valence-corrected chi connectivity index (χ2v) is 3.50. The molecule has 2 rings (SSSR count). The second-order valence-electron chi connectivity index (χ2n) is 3.50. The molecule has 2 aromatic carbocycles. The summed E-state index contributed by atoms with van der Waals surface area (Å²) in [5.74, 6) is 0. The fourth-order valence-electron chi connectivity index (χ4n) is 1.74. The molecule has 0 aromatic heterocycles. The van der Waals surface area contributed by atoms with Crippen LogP contribution in [0.5, 0.6) is 0 Å². The van der Waals surface area contributed by atoms with Gasteiger partial charge in [-0.25, -0.2) is 0 Å². The third-order valence-electron chi connectivity index (χ3n) is 2.46. The van der Waals surface area contributed by atoms with Gasteiger partial charge in [-0.2, -0.15) is 0 Å². The summed E-state index contributed by atoms with van der Waals surface area (Å²) in [6.07, 6.45) is 2.39. The largest absolute Gasteiger partial charge is 0.304 e. The maximum absolute atomic E-state index is 7.94. The van der Waals surface area contributed by atoms with Crippen LogP contribution in [0.2, 0.25) is 0 Å². The zero-order chi connectivity index (χ0) is 10.7. The lowest BCUT2D eigenvalue weighted by Crippen LogP contribution is -1.97. The minimum atomic E-state index is 0.619. The van der Waals surface area contributed by atoms with Crippen LogP contribution in [0.3, 0.4) is 0 Å². The number of allylic oxidation sites excluding steroid dienone is 1. The molecule has 0 amide bonds. The molecule has 0 aliphatic heterocycles. The van der Waals surface area contributed by atoms with Crippen LogP contribution in [0.15, 0.2) is 55.1 Å². The highest BCUT2D eigenvalue weighted by molar-refractivity contribution is 6.09. The summed E-state index contributed by atoms with van der Waals surface area (Å²) in [6.45, 7) is 3.67. The molecule has 0 aliphatic carbocycles. The Morgan fingerprint density at radius 2 is 1.87 bits per heavy atom. The molecular formula is C14H13N. The van der Waals surface area contributed by atoms with E-state index in [1.807, 2.05) is 24.3 Å². The topological polar surface area (TPSA) is 23.9 Å². The van der Waals surface area contributed by atoms with E-state index in [1.54, 1.807) is 6.08 Å². The van der Waals surface area contributed by atoms with E-state index in [0.29, 0.717) is 12.1 Å². The Labute approximate surface area is 89.6 Å². The van der Waals surface area contributed by atoms with Gasteiger partial charge in [-0.1, -0.05) is 48.5 Å². The van der Waals surface area contributed by atoms with Gasteiger partial charge in [-0.15, -0.1) is 6.58 Å². The van der Waals surface area contributed by atoms with Gasteiger partial charge in [-0.3, -0.25) is 0 Å². The van der Waals surface area contributed by atoms with E-state index in [-0.39, 0.29) is 0 Å². The lowest BCUT2D eigenvalue weighted by atomic mass is 9.99. The zero-order valence-corrected chi connectivity index (χ0v) is 8.53. The number of nitrogens with one attached hydrogen (secondary N) is 1. The van der Waals surface area contributed by atoms with Crippen molar-refractivity contribution in [1.29, 1.82) is 5.41 Å². The smallest absolute Gasteiger partial charge is 0.0429 e. The summed E-state index contributed by atoms with van der Waals surface area (Å²) >= 11 is 0. The van der Waals surface area contributed by atoms with Crippen LogP contribution in [0.4, 0.5) is 0 Å². The van der Waals surface area contributed by atoms with E-state index in [0.717, 1.165) is 10.9 Å². The first-order chi connectivity index (χ1) is 7.33. The van der Waals surface area contributed by atoms with Crippen LogP contribution in [-0.4, -0.2) is 5.71 Å². The van der Waals surface area contributed by atoms with Crippen molar-refractivity contribution in [1.82, 2.24) is 0 Å². The minimum absolute atomic E-state index is 0.619. The molecule has 2 aromatic rings. The first kappa shape index (κ1) is 9.66. The molecule has 0 radical (unpaired) electrons. The molecule has 0 unspecified atom stereocenters. The highest BCUT2D eigenvalue weighted by Crippen LogP contribution is 2.19. The van der Waals surface area contributed by atoms with Gasteiger partial charge in [0.1, 0.15) is 0 Å². The first-order valence-electron chi connectivity index (χ1n) is 4.99. The third kappa shape index (κ3) is 1.82. The maximum atomic E-state index is 7.94. The van der Waals surface area contributed by atoms with E-state index in [2.05, 4.69) is 24.8 Å². The zero-order valence-electron chi connectivity index (χ0n) is 8.53. The Balaban J connectivity index is 2.60. The predicted molar refractivity (Wildman–Crippen MR) is 65.6 cm³/mol. The molecule has 0 spiro atoms. The molecule has 0 saturated heterocycles. The number of benzene rings is 2. The molecule has 1 heteroatoms. The molecule has 0 atom stereocenters. The van der Waals surface area contributed by atoms with Crippen LogP contribution in [0, 0.1) is 5.41 Å². The van der Waals surface area contributed by atoms with Crippen molar-refractivity contribution in [3.8, 4) is 0 Å². The average molecular weight is 195 g/mol. The van der Waals surface area contributed by atoms with Gasteiger partial charge in [0.2, 0.25) is 0 Å². The number of hydrogen-bond acceptors (Lipinski definition) is 1. The average Bonchev–Trinajstić information content (AvgIpc) is 2.28. The van der Waals surface area contributed by atoms with E-state index in [4.69, 9.17) is 5.41 Å². The Kier molecular flexibility index (Phi) is 2.64. The van der Waals surface area contributed by atoms with Gasteiger partial charge < -0.3 is 5.41 Å². The van der Waals surface area contributed by atoms with Crippen molar-refractivity contribution < 1.29 is 0 Å². The van der Waals surface area contributed by atoms with Gasteiger partial charge in [0.25, 0.3) is 0 Å². The maximum Gasteiger partial charge on any atom is 0.0429 e. The lowest BCUT2D eigenvalue weighted by molar-refractivity contribution is 1.37. The third-order valence-corrected chi connectivity index (χ3v) is 2.46. The highest BCUT2D eigenvalue weighted by atomic mass is 14.4. The molecule has 0 bridgehead atoms. The standard InChI is InChI=1S/C14H13N/c1-2-6-14(15)13-10-5-8-11-7-3-4-9-12(11)13/h2-5,7-10,15H,1,6H2. The quantitative estimate of drug-likeness (QED) is 0.569. The molecule has 1 N–H and O–H groups in total. The highest BCUT2D eigenvalue weighted by Gasteiger charge is 2.03. The minimum Gasteiger partial charge on any atom is -0.304 e. The van der Waals surface area contributed by atoms with Crippen molar-refractivity contribution in [3.63, 3.8) is 0 Å². The molecule has 74 valence electrons. The van der Waals surface area contributed by atoms with Crippen molar-refractivity contribution in [2.24, 2.45) is 0 Å². The normalized spacial score (nSPS) is 10.1. The number of rotatable bonds is 3. The van der Waals surface area contributed by atoms with Crippen LogP contribution < -0.4 is 0 Å². The van der Waals surface area contributed by atoms with Crippen LogP contribution in [0.1, 0.15) is 12.0 Å². The Hall–Kier alpha value is -1.89. The summed E-state index contributed by atoms with van der Waals surface area (Å²) in [4.78, 5) is 0. The molecule has 15 heavy (non-hydrogen) atoms. The number of hydrogen-bond donors (Lipinski definition) is 1. The monoisotopic (exact) mass is 195 g/mol. The van der Waals surface area contributed by atoms with Gasteiger partial charge in [-0.05, 0) is 10.8 Å². The number of fused-ring (bicyclic) bond motifs is 1. The van der Waals surface area contributed by atoms with Crippen molar-refractivity contribution in [2.45, 2.75) is 6.42 Å². The second kappa shape index (κ2) is 4.09. The van der Waals surface area contributed by atoms with Gasteiger partial charge in [0, 0.05) is 17.7 Å². The fraction of sp³-hybridized carbons (Fsp3) is 0.0714. The predicted octanol–water partition coefficient (Wildman–Crippen LogP) is 3.78. The summed E-state index contributed by atoms with van der Waals surface area (Å²) in [6, 6.07) is 14.2. The van der Waals surface area contributed by atoms with Gasteiger partial charge in [0.05, 0.1) is 0 Å². The van der Waals surface area contributed by atoms with Crippen LogP contribution in [-0.2, 0) is 0 Å². The van der Waals surface area contributed by atoms with E-state index >= 15 is 0 Å². The van der Waals surface area contributed by atoms with Gasteiger partial charge in [0.15, 0.2) is 0 Å². The summed E-state index contributed by atoms with van der Waals surface area (Å²) in [7, 11) is 0. The lowest BCUT2D eigenvalue weighted by Gasteiger charge is -2.05. The van der Waals surface area contributed by atoms with Crippen LogP contribution in [0.25, 0.3) is 10.8 Å². The van der Waals surface area contributed by atoms with E-state index in [9.17, 15) is 0 Å². The Morgan fingerprint density at radius 3 is 2.67 bits per heavy atom.